The highest BCUT2D eigenvalue weighted by molar-refractivity contribution is 6.31. The van der Waals surface area contributed by atoms with Crippen molar-refractivity contribution in [2.24, 2.45) is 5.41 Å². The fourth-order valence-electron chi connectivity index (χ4n) is 1.53. The van der Waals surface area contributed by atoms with Crippen LogP contribution in [0.15, 0.2) is 6.20 Å². The molecule has 4 nitrogen and oxygen atoms in total. The Balaban J connectivity index is 2.94. The number of rotatable bonds is 4. The molecule has 1 N–H and O–H groups in total. The van der Waals surface area contributed by atoms with E-state index in [0.717, 1.165) is 13.1 Å². The van der Waals surface area contributed by atoms with Crippen LogP contribution in [-0.2, 0) is 6.54 Å². The van der Waals surface area contributed by atoms with E-state index in [9.17, 15) is 5.11 Å². The standard InChI is InChI=1S/C12H22ClN3O/c1-12(2,3)11(17)10-9(13)8-14-16(10)7-6-15(4)5/h8,11,17H,6-7H2,1-5H3. The lowest BCUT2D eigenvalue weighted by Crippen LogP contribution is -2.25. The average molecular weight is 260 g/mol. The third-order valence-electron chi connectivity index (χ3n) is 2.67. The minimum atomic E-state index is -0.611. The largest absolute Gasteiger partial charge is 0.386 e. The van der Waals surface area contributed by atoms with Crippen LogP contribution >= 0.6 is 11.6 Å². The van der Waals surface area contributed by atoms with Crippen molar-refractivity contribution in [3.63, 3.8) is 0 Å². The molecule has 1 aromatic rings. The van der Waals surface area contributed by atoms with Crippen molar-refractivity contribution in [2.45, 2.75) is 33.4 Å². The quantitative estimate of drug-likeness (QED) is 0.901. The van der Waals surface area contributed by atoms with Gasteiger partial charge in [0.2, 0.25) is 0 Å². The first-order valence-corrected chi connectivity index (χ1v) is 6.15. The zero-order valence-corrected chi connectivity index (χ0v) is 12.0. The predicted molar refractivity (Wildman–Crippen MR) is 70.2 cm³/mol. The number of likely N-dealkylation sites (N-methyl/N-ethyl adjacent to an activating group) is 1. The summed E-state index contributed by atoms with van der Waals surface area (Å²) in [6.07, 6.45) is 0.987. The van der Waals surface area contributed by atoms with E-state index in [1.165, 1.54) is 0 Å². The molecule has 5 heteroatoms. The summed E-state index contributed by atoms with van der Waals surface area (Å²) in [6, 6.07) is 0. The fraction of sp³-hybridized carbons (Fsp3) is 0.750. The van der Waals surface area contributed by atoms with Gasteiger partial charge in [-0.15, -0.1) is 0 Å². The Bertz CT molecular complexity index is 368. The summed E-state index contributed by atoms with van der Waals surface area (Å²) in [4.78, 5) is 2.07. The van der Waals surface area contributed by atoms with Crippen LogP contribution in [0.3, 0.4) is 0 Å². The number of aliphatic hydroxyl groups excluding tert-OH is 1. The van der Waals surface area contributed by atoms with Gasteiger partial charge in [-0.3, -0.25) is 4.68 Å². The lowest BCUT2D eigenvalue weighted by Gasteiger charge is -2.27. The summed E-state index contributed by atoms with van der Waals surface area (Å²) in [5.74, 6) is 0. The van der Waals surface area contributed by atoms with E-state index in [1.54, 1.807) is 10.9 Å². The Hall–Kier alpha value is -0.580. The van der Waals surface area contributed by atoms with Gasteiger partial charge in [-0.25, -0.2) is 0 Å². The molecule has 0 aliphatic carbocycles. The van der Waals surface area contributed by atoms with Gasteiger partial charge in [0.15, 0.2) is 0 Å². The summed E-state index contributed by atoms with van der Waals surface area (Å²) in [5.41, 5.74) is 0.459. The first-order valence-electron chi connectivity index (χ1n) is 5.77. The van der Waals surface area contributed by atoms with Crippen LogP contribution in [-0.4, -0.2) is 40.4 Å². The molecule has 1 heterocycles. The minimum Gasteiger partial charge on any atom is -0.386 e. The van der Waals surface area contributed by atoms with Crippen LogP contribution in [0.2, 0.25) is 5.02 Å². The molecule has 0 aliphatic rings. The average Bonchev–Trinajstić information content (AvgIpc) is 2.54. The molecule has 0 bridgehead atoms. The zero-order chi connectivity index (χ0) is 13.2. The third-order valence-corrected chi connectivity index (χ3v) is 2.96. The number of nitrogens with zero attached hydrogens (tertiary/aromatic N) is 3. The molecular weight excluding hydrogens is 238 g/mol. The van der Waals surface area contributed by atoms with Gasteiger partial charge in [0, 0.05) is 6.54 Å². The predicted octanol–water partition coefficient (Wildman–Crippen LogP) is 2.18. The van der Waals surface area contributed by atoms with Gasteiger partial charge in [-0.2, -0.15) is 5.10 Å². The lowest BCUT2D eigenvalue weighted by atomic mass is 9.87. The van der Waals surface area contributed by atoms with E-state index in [4.69, 9.17) is 11.6 Å². The fourth-order valence-corrected chi connectivity index (χ4v) is 1.77. The molecular formula is C12H22ClN3O. The second-order valence-electron chi connectivity index (χ2n) is 5.67. The van der Waals surface area contributed by atoms with Gasteiger partial charge in [-0.1, -0.05) is 32.4 Å². The lowest BCUT2D eigenvalue weighted by molar-refractivity contribution is 0.0543. The van der Waals surface area contributed by atoms with E-state index in [1.807, 2.05) is 34.9 Å². The smallest absolute Gasteiger partial charge is 0.102 e. The molecule has 0 saturated heterocycles. The van der Waals surface area contributed by atoms with Crippen LogP contribution < -0.4 is 0 Å². The van der Waals surface area contributed by atoms with Crippen LogP contribution in [0.4, 0.5) is 0 Å². The monoisotopic (exact) mass is 259 g/mol. The van der Waals surface area contributed by atoms with Crippen molar-refractivity contribution in [1.82, 2.24) is 14.7 Å². The second-order valence-corrected chi connectivity index (χ2v) is 6.08. The maximum atomic E-state index is 10.3. The molecule has 1 unspecified atom stereocenters. The molecule has 0 aromatic carbocycles. The Morgan fingerprint density at radius 2 is 2.06 bits per heavy atom. The molecule has 17 heavy (non-hydrogen) atoms. The number of hydrogen-bond donors (Lipinski definition) is 1. The SMILES string of the molecule is CN(C)CCn1ncc(Cl)c1C(O)C(C)(C)C. The van der Waals surface area contributed by atoms with Crippen LogP contribution in [0.5, 0.6) is 0 Å². The molecule has 0 fully saturated rings. The minimum absolute atomic E-state index is 0.250. The van der Waals surface area contributed by atoms with Crippen molar-refractivity contribution in [2.75, 3.05) is 20.6 Å². The topological polar surface area (TPSA) is 41.3 Å². The van der Waals surface area contributed by atoms with Gasteiger partial charge in [-0.05, 0) is 19.5 Å². The molecule has 98 valence electrons. The summed E-state index contributed by atoms with van der Waals surface area (Å²) in [6.45, 7) is 7.54. The maximum absolute atomic E-state index is 10.3. The Morgan fingerprint density at radius 1 is 1.47 bits per heavy atom. The molecule has 0 aliphatic heterocycles. The normalized spacial score (nSPS) is 14.4. The van der Waals surface area contributed by atoms with Crippen molar-refractivity contribution >= 4 is 11.6 Å². The Morgan fingerprint density at radius 3 is 2.53 bits per heavy atom. The van der Waals surface area contributed by atoms with Gasteiger partial charge < -0.3 is 10.0 Å². The highest BCUT2D eigenvalue weighted by atomic mass is 35.5. The highest BCUT2D eigenvalue weighted by Crippen LogP contribution is 2.35. The third kappa shape index (κ3) is 3.69. The summed E-state index contributed by atoms with van der Waals surface area (Å²) >= 11 is 6.10. The second kappa shape index (κ2) is 5.38. The molecule has 0 spiro atoms. The zero-order valence-electron chi connectivity index (χ0n) is 11.2. The van der Waals surface area contributed by atoms with Crippen molar-refractivity contribution in [1.29, 1.82) is 0 Å². The van der Waals surface area contributed by atoms with Crippen LogP contribution in [0.25, 0.3) is 0 Å². The van der Waals surface area contributed by atoms with E-state index in [2.05, 4.69) is 10.00 Å². The number of hydrogen-bond acceptors (Lipinski definition) is 3. The molecule has 1 rings (SSSR count). The van der Waals surface area contributed by atoms with E-state index in [0.29, 0.717) is 10.7 Å². The van der Waals surface area contributed by atoms with Gasteiger partial charge in [0.25, 0.3) is 0 Å². The maximum Gasteiger partial charge on any atom is 0.102 e. The van der Waals surface area contributed by atoms with Gasteiger partial charge in [0.1, 0.15) is 6.10 Å². The van der Waals surface area contributed by atoms with Crippen molar-refractivity contribution in [3.05, 3.63) is 16.9 Å². The number of aliphatic hydroxyl groups is 1. The van der Waals surface area contributed by atoms with Crippen molar-refractivity contribution in [3.8, 4) is 0 Å². The van der Waals surface area contributed by atoms with Gasteiger partial charge in [0.05, 0.1) is 23.5 Å². The first-order chi connectivity index (χ1) is 7.73. The van der Waals surface area contributed by atoms with Crippen LogP contribution in [0, 0.1) is 5.41 Å². The Kier molecular flexibility index (Phi) is 4.58. The molecule has 0 radical (unpaired) electrons. The first kappa shape index (κ1) is 14.5. The van der Waals surface area contributed by atoms with Crippen LogP contribution in [0.1, 0.15) is 32.6 Å². The molecule has 0 saturated carbocycles. The Labute approximate surface area is 108 Å². The summed E-state index contributed by atoms with van der Waals surface area (Å²) in [5, 5.41) is 15.1. The summed E-state index contributed by atoms with van der Waals surface area (Å²) < 4.78 is 1.79. The van der Waals surface area contributed by atoms with Crippen molar-refractivity contribution < 1.29 is 5.11 Å². The molecule has 1 atom stereocenters. The van der Waals surface area contributed by atoms with Gasteiger partial charge >= 0.3 is 0 Å². The van der Waals surface area contributed by atoms with E-state index in [-0.39, 0.29) is 5.41 Å². The number of halogens is 1. The van der Waals surface area contributed by atoms with E-state index < -0.39 is 6.10 Å². The van der Waals surface area contributed by atoms with E-state index >= 15 is 0 Å². The molecule has 0 amide bonds. The number of aromatic nitrogens is 2. The highest BCUT2D eigenvalue weighted by Gasteiger charge is 2.29. The summed E-state index contributed by atoms with van der Waals surface area (Å²) in [7, 11) is 4.01. The molecule has 1 aromatic heterocycles.